The van der Waals surface area contributed by atoms with Gasteiger partial charge in [0.1, 0.15) is 12.4 Å². The van der Waals surface area contributed by atoms with Gasteiger partial charge >= 0.3 is 0 Å². The predicted molar refractivity (Wildman–Crippen MR) is 136 cm³/mol. The minimum absolute atomic E-state index is 0.240. The van der Waals surface area contributed by atoms with E-state index < -0.39 is 9.84 Å². The van der Waals surface area contributed by atoms with Crippen LogP contribution in [0.25, 0.3) is 5.65 Å². The van der Waals surface area contributed by atoms with Gasteiger partial charge in [0, 0.05) is 25.4 Å². The quantitative estimate of drug-likeness (QED) is 0.379. The summed E-state index contributed by atoms with van der Waals surface area (Å²) >= 11 is 0. The highest BCUT2D eigenvalue weighted by molar-refractivity contribution is 7.90. The highest BCUT2D eigenvalue weighted by Crippen LogP contribution is 2.27. The maximum absolute atomic E-state index is 12.2. The van der Waals surface area contributed by atoms with Crippen LogP contribution in [0.3, 0.4) is 0 Å². The summed E-state index contributed by atoms with van der Waals surface area (Å²) < 4.78 is 31.9. The second-order valence-electron chi connectivity index (χ2n) is 8.83. The Bertz CT molecular complexity index is 1410. The van der Waals surface area contributed by atoms with Crippen LogP contribution in [-0.4, -0.2) is 60.4 Å². The minimum atomic E-state index is -3.37. The Morgan fingerprint density at radius 2 is 1.71 bits per heavy atom. The number of pyridine rings is 1. The van der Waals surface area contributed by atoms with E-state index in [1.165, 1.54) is 32.2 Å². The fourth-order valence-corrected chi connectivity index (χ4v) is 5.19. The molecule has 1 aliphatic rings. The molecule has 1 aliphatic heterocycles. The molecule has 35 heavy (non-hydrogen) atoms. The molecule has 2 aromatic carbocycles. The number of nitrogens with one attached hydrogen (secondary N) is 1. The Labute approximate surface area is 205 Å². The van der Waals surface area contributed by atoms with Crippen LogP contribution in [0.1, 0.15) is 24.2 Å². The number of nitrogens with zero attached hydrogens (tertiary/aromatic N) is 4. The molecule has 8 nitrogen and oxygen atoms in total. The largest absolute Gasteiger partial charge is 0.492 e. The molecular weight excluding hydrogens is 462 g/mol. The molecule has 1 fully saturated rings. The summed E-state index contributed by atoms with van der Waals surface area (Å²) in [5, 5.41) is 7.83. The molecule has 4 aromatic rings. The van der Waals surface area contributed by atoms with Crippen LogP contribution in [0.2, 0.25) is 0 Å². The molecule has 2 aromatic heterocycles. The standard InChI is InChI=1S/C26H29N5O3S/c1-35(32,33)24-9-3-2-7-22(24)27-23-8-6-16-31-26(23)28-25(29-31)19-20-10-12-21(13-11-20)34-18-17-30-14-4-5-15-30/h2-3,6-13,16,27H,4-5,14-15,17-19H2,1H3. The average Bonchev–Trinajstić information content (AvgIpc) is 3.50. The van der Waals surface area contributed by atoms with Crippen molar-refractivity contribution >= 4 is 26.9 Å². The topological polar surface area (TPSA) is 88.8 Å². The molecule has 9 heteroatoms. The first-order valence-corrected chi connectivity index (χ1v) is 13.7. The van der Waals surface area contributed by atoms with Gasteiger partial charge in [-0.25, -0.2) is 17.9 Å². The van der Waals surface area contributed by atoms with Gasteiger partial charge in [0.2, 0.25) is 0 Å². The summed E-state index contributed by atoms with van der Waals surface area (Å²) in [4.78, 5) is 7.39. The van der Waals surface area contributed by atoms with Crippen LogP contribution in [-0.2, 0) is 16.3 Å². The zero-order valence-electron chi connectivity index (χ0n) is 19.7. The summed E-state index contributed by atoms with van der Waals surface area (Å²) in [5.74, 6) is 1.55. The number of aromatic nitrogens is 3. The van der Waals surface area contributed by atoms with Gasteiger partial charge in [0.05, 0.1) is 16.3 Å². The first-order chi connectivity index (χ1) is 17.0. The van der Waals surface area contributed by atoms with Crippen molar-refractivity contribution in [3.8, 4) is 5.75 Å². The van der Waals surface area contributed by atoms with Gasteiger partial charge in [-0.2, -0.15) is 5.10 Å². The number of ether oxygens (including phenoxy) is 1. The van der Waals surface area contributed by atoms with E-state index in [4.69, 9.17) is 9.72 Å². The Morgan fingerprint density at radius 3 is 2.49 bits per heavy atom. The van der Waals surface area contributed by atoms with Gasteiger partial charge in [-0.1, -0.05) is 24.3 Å². The number of benzene rings is 2. The Kier molecular flexibility index (Phi) is 6.70. The number of hydrogen-bond acceptors (Lipinski definition) is 7. The molecule has 0 saturated carbocycles. The lowest BCUT2D eigenvalue weighted by atomic mass is 10.1. The maximum atomic E-state index is 12.2. The van der Waals surface area contributed by atoms with E-state index in [9.17, 15) is 8.42 Å². The summed E-state index contributed by atoms with van der Waals surface area (Å²) in [7, 11) is -3.37. The van der Waals surface area contributed by atoms with Crippen molar-refractivity contribution in [3.63, 3.8) is 0 Å². The average molecular weight is 492 g/mol. The van der Waals surface area contributed by atoms with E-state index in [-0.39, 0.29) is 4.90 Å². The van der Waals surface area contributed by atoms with Crippen LogP contribution in [0.5, 0.6) is 5.75 Å². The number of sulfone groups is 1. The molecule has 0 spiro atoms. The molecule has 5 rings (SSSR count). The molecule has 0 aliphatic carbocycles. The zero-order valence-corrected chi connectivity index (χ0v) is 20.5. The van der Waals surface area contributed by atoms with Gasteiger partial charge in [0.15, 0.2) is 21.3 Å². The molecule has 0 unspecified atom stereocenters. The van der Waals surface area contributed by atoms with Gasteiger partial charge in [0.25, 0.3) is 0 Å². The maximum Gasteiger partial charge on any atom is 0.179 e. The minimum Gasteiger partial charge on any atom is -0.492 e. The Hall–Kier alpha value is -3.43. The lowest BCUT2D eigenvalue weighted by molar-refractivity contribution is 0.238. The molecule has 1 N–H and O–H groups in total. The fourth-order valence-electron chi connectivity index (χ4n) is 4.35. The highest BCUT2D eigenvalue weighted by Gasteiger charge is 2.15. The summed E-state index contributed by atoms with van der Waals surface area (Å²) in [6, 6.07) is 18.6. The number of likely N-dealkylation sites (tertiary alicyclic amines) is 1. The fraction of sp³-hybridized carbons (Fsp3) is 0.308. The normalized spacial score (nSPS) is 14.4. The lowest BCUT2D eigenvalue weighted by Gasteiger charge is -2.14. The van der Waals surface area contributed by atoms with Crippen molar-refractivity contribution in [1.82, 2.24) is 19.5 Å². The van der Waals surface area contributed by atoms with E-state index in [2.05, 4.69) is 15.3 Å². The summed E-state index contributed by atoms with van der Waals surface area (Å²) in [5.41, 5.74) is 2.91. The van der Waals surface area contributed by atoms with E-state index in [1.807, 2.05) is 42.6 Å². The van der Waals surface area contributed by atoms with E-state index in [0.29, 0.717) is 35.9 Å². The SMILES string of the molecule is CS(=O)(=O)c1ccccc1Nc1cccn2nc(Cc3ccc(OCCN4CCCC4)cc3)nc12. The third-order valence-electron chi connectivity index (χ3n) is 6.12. The molecule has 3 heterocycles. The third-order valence-corrected chi connectivity index (χ3v) is 7.28. The molecule has 0 radical (unpaired) electrons. The van der Waals surface area contributed by atoms with Gasteiger partial charge < -0.3 is 10.1 Å². The second kappa shape index (κ2) is 10.1. The monoisotopic (exact) mass is 491 g/mol. The third kappa shape index (κ3) is 5.63. The van der Waals surface area contributed by atoms with Gasteiger partial charge in [-0.15, -0.1) is 0 Å². The molecule has 1 saturated heterocycles. The first kappa shape index (κ1) is 23.3. The van der Waals surface area contributed by atoms with Crippen LogP contribution in [0.15, 0.2) is 71.8 Å². The summed E-state index contributed by atoms with van der Waals surface area (Å²) in [6.07, 6.45) is 6.19. The Morgan fingerprint density at radius 1 is 0.971 bits per heavy atom. The lowest BCUT2D eigenvalue weighted by Crippen LogP contribution is -2.25. The van der Waals surface area contributed by atoms with Crippen LogP contribution < -0.4 is 10.1 Å². The zero-order chi connectivity index (χ0) is 24.3. The smallest absolute Gasteiger partial charge is 0.179 e. The van der Waals surface area contributed by atoms with Crippen molar-refractivity contribution < 1.29 is 13.2 Å². The van der Waals surface area contributed by atoms with E-state index in [0.717, 1.165) is 17.9 Å². The van der Waals surface area contributed by atoms with Crippen LogP contribution in [0.4, 0.5) is 11.4 Å². The first-order valence-electron chi connectivity index (χ1n) is 11.8. The van der Waals surface area contributed by atoms with Crippen LogP contribution in [0, 0.1) is 0 Å². The van der Waals surface area contributed by atoms with Crippen LogP contribution >= 0.6 is 0 Å². The number of anilines is 2. The van der Waals surface area contributed by atoms with Crippen molar-refractivity contribution in [2.45, 2.75) is 24.2 Å². The molecule has 0 amide bonds. The molecule has 0 bridgehead atoms. The number of para-hydroxylation sites is 1. The van der Waals surface area contributed by atoms with E-state index in [1.54, 1.807) is 28.8 Å². The summed E-state index contributed by atoms with van der Waals surface area (Å²) in [6.45, 7) is 4.02. The highest BCUT2D eigenvalue weighted by atomic mass is 32.2. The molecule has 182 valence electrons. The van der Waals surface area contributed by atoms with E-state index >= 15 is 0 Å². The number of rotatable bonds is 9. The van der Waals surface area contributed by atoms with Gasteiger partial charge in [-0.05, 0) is 67.9 Å². The predicted octanol–water partition coefficient (Wildman–Crippen LogP) is 3.94. The molecular formula is C26H29N5O3S. The van der Waals surface area contributed by atoms with Crippen molar-refractivity contribution in [1.29, 1.82) is 0 Å². The second-order valence-corrected chi connectivity index (χ2v) is 10.8. The number of hydrogen-bond donors (Lipinski definition) is 1. The van der Waals surface area contributed by atoms with Crippen molar-refractivity contribution in [2.24, 2.45) is 0 Å². The number of fused-ring (bicyclic) bond motifs is 1. The molecule has 0 atom stereocenters. The van der Waals surface area contributed by atoms with Crippen molar-refractivity contribution in [2.75, 3.05) is 37.8 Å². The van der Waals surface area contributed by atoms with Crippen molar-refractivity contribution in [3.05, 3.63) is 78.2 Å². The Balaban J connectivity index is 1.28. The van der Waals surface area contributed by atoms with Gasteiger partial charge in [-0.3, -0.25) is 4.90 Å².